The number of rotatable bonds is 6. The maximum absolute atomic E-state index is 14.2. The van der Waals surface area contributed by atoms with Crippen molar-refractivity contribution >= 4 is 41.4 Å². The molecule has 1 aromatic rings. The number of nitrogens with two attached hydrogens (primary N) is 3. The van der Waals surface area contributed by atoms with E-state index < -0.39 is 65.3 Å². The average molecular weight is 767 g/mol. The Morgan fingerprint density at radius 1 is 0.745 bits per heavy atom. The third-order valence-electron chi connectivity index (χ3n) is 10.7. The van der Waals surface area contributed by atoms with Crippen LogP contribution in [0.1, 0.15) is 103 Å². The van der Waals surface area contributed by atoms with Crippen LogP contribution in [0.2, 0.25) is 0 Å². The van der Waals surface area contributed by atoms with E-state index >= 15 is 0 Å². The van der Waals surface area contributed by atoms with E-state index in [9.17, 15) is 28.8 Å². The summed E-state index contributed by atoms with van der Waals surface area (Å²) < 4.78 is 0. The van der Waals surface area contributed by atoms with Gasteiger partial charge in [-0.1, -0.05) is 62.4 Å². The van der Waals surface area contributed by atoms with Gasteiger partial charge in [-0.3, -0.25) is 33.8 Å². The van der Waals surface area contributed by atoms with Gasteiger partial charge in [-0.15, -0.1) is 0 Å². The van der Waals surface area contributed by atoms with Gasteiger partial charge in [-0.2, -0.15) is 0 Å². The summed E-state index contributed by atoms with van der Waals surface area (Å²) in [6.07, 6.45) is 8.58. The Labute approximate surface area is 324 Å². The van der Waals surface area contributed by atoms with Gasteiger partial charge in [-0.05, 0) is 70.8 Å². The van der Waals surface area contributed by atoms with E-state index in [0.717, 1.165) is 44.1 Å². The third kappa shape index (κ3) is 12.7. The summed E-state index contributed by atoms with van der Waals surface area (Å²) >= 11 is 0. The summed E-state index contributed by atoms with van der Waals surface area (Å²) in [7, 11) is 0. The summed E-state index contributed by atoms with van der Waals surface area (Å²) in [4.78, 5) is 89.7. The monoisotopic (exact) mass is 766 g/mol. The van der Waals surface area contributed by atoms with Crippen LogP contribution in [0.3, 0.4) is 0 Å². The number of guanidine groups is 1. The second kappa shape index (κ2) is 20.8. The van der Waals surface area contributed by atoms with Crippen molar-refractivity contribution < 1.29 is 28.8 Å². The zero-order valence-corrected chi connectivity index (χ0v) is 32.5. The molecular weight excluding hydrogens is 704 g/mol. The highest BCUT2D eigenvalue weighted by molar-refractivity contribution is 5.98. The number of carbonyl (C=O) groups excluding carboxylic acids is 6. The van der Waals surface area contributed by atoms with E-state index in [4.69, 9.17) is 17.2 Å². The number of amides is 6. The Balaban J connectivity index is 1.57. The molecule has 16 nitrogen and oxygen atoms in total. The topological polar surface area (TPSA) is 247 Å². The van der Waals surface area contributed by atoms with Crippen LogP contribution in [-0.4, -0.2) is 113 Å². The maximum Gasteiger partial charge on any atom is 0.246 e. The number of aliphatic imine (C=N–C) groups is 1. The molecule has 0 spiro atoms. The maximum atomic E-state index is 14.2. The fraction of sp³-hybridized carbons (Fsp3) is 0.667. The van der Waals surface area contributed by atoms with E-state index in [0.29, 0.717) is 58.2 Å². The molecule has 0 radical (unpaired) electrons. The lowest BCUT2D eigenvalue weighted by atomic mass is 10.00. The fourth-order valence-corrected chi connectivity index (χ4v) is 7.54. The lowest BCUT2D eigenvalue weighted by Gasteiger charge is -2.34. The number of nitrogens with zero attached hydrogens (tertiary/aromatic N) is 3. The van der Waals surface area contributed by atoms with Crippen LogP contribution in [0.15, 0.2) is 35.3 Å². The summed E-state index contributed by atoms with van der Waals surface area (Å²) in [6.45, 7) is 4.45. The third-order valence-corrected chi connectivity index (χ3v) is 10.7. The Morgan fingerprint density at radius 2 is 1.35 bits per heavy atom. The van der Waals surface area contributed by atoms with Crippen LogP contribution in [0.5, 0.6) is 0 Å². The van der Waals surface area contributed by atoms with Gasteiger partial charge in [0.2, 0.25) is 35.4 Å². The number of hydrogen-bond donors (Lipinski definition) is 7. The Kier molecular flexibility index (Phi) is 16.3. The molecule has 5 atom stereocenters. The normalized spacial score (nSPS) is 26.9. The summed E-state index contributed by atoms with van der Waals surface area (Å²) in [5, 5.41) is 11.5. The summed E-state index contributed by atoms with van der Waals surface area (Å²) in [5.41, 5.74) is 16.7. The average Bonchev–Trinajstić information content (AvgIpc) is 3.85. The van der Waals surface area contributed by atoms with Crippen LogP contribution in [0, 0.1) is 0 Å². The first-order valence-corrected chi connectivity index (χ1v) is 20.0. The molecule has 16 heteroatoms. The van der Waals surface area contributed by atoms with Crippen LogP contribution in [0.4, 0.5) is 0 Å². The first-order valence-electron chi connectivity index (χ1n) is 20.0. The van der Waals surface area contributed by atoms with Gasteiger partial charge in [0.1, 0.15) is 29.7 Å². The summed E-state index contributed by atoms with van der Waals surface area (Å²) in [6, 6.07) is 5.03. The van der Waals surface area contributed by atoms with Crippen molar-refractivity contribution in [3.8, 4) is 0 Å². The van der Waals surface area contributed by atoms with Crippen LogP contribution >= 0.6 is 0 Å². The molecule has 1 aromatic carbocycles. The Hall–Kier alpha value is -4.73. The van der Waals surface area contributed by atoms with E-state index in [1.54, 1.807) is 0 Å². The van der Waals surface area contributed by atoms with Crippen molar-refractivity contribution in [3.05, 3.63) is 35.9 Å². The second-order valence-electron chi connectivity index (χ2n) is 15.5. The van der Waals surface area contributed by atoms with Crippen molar-refractivity contribution in [1.82, 2.24) is 31.1 Å². The number of fused-ring (bicyclic) bond motifs is 2. The minimum absolute atomic E-state index is 0.0907. The summed E-state index contributed by atoms with van der Waals surface area (Å²) in [5.74, 6) is -2.67. The first kappa shape index (κ1) is 43.0. The van der Waals surface area contributed by atoms with E-state index in [2.05, 4.69) is 26.3 Å². The molecule has 0 aromatic heterocycles. The van der Waals surface area contributed by atoms with Gasteiger partial charge < -0.3 is 48.3 Å². The molecule has 4 rings (SSSR count). The van der Waals surface area contributed by atoms with E-state index in [1.165, 1.54) is 23.6 Å². The highest BCUT2D eigenvalue weighted by Crippen LogP contribution is 2.23. The molecule has 3 heterocycles. The minimum atomic E-state index is -1.50. The molecule has 0 bridgehead atoms. The molecule has 0 saturated carbocycles. The van der Waals surface area contributed by atoms with Crippen molar-refractivity contribution in [2.24, 2.45) is 22.2 Å². The molecular formula is C39H62N10O6. The highest BCUT2D eigenvalue weighted by Gasteiger charge is 2.43. The molecule has 304 valence electrons. The molecule has 0 unspecified atom stereocenters. The Morgan fingerprint density at radius 3 is 2.00 bits per heavy atom. The smallest absolute Gasteiger partial charge is 0.246 e. The SMILES string of the molecule is CC1(C)NC(=O)[C@@H]2CCCN2C(=O)[C@H](Cc2ccccc2)NC(=O)[C@@H](N)CCCCCCCCNC(=O)[C@@H]2CCCN2C(=O)[C@H](CCCN=C(N)N)NC1=O. The standard InChI is InChI=1S/C39H62N10O6/c1-39(2)37(55)46-28(18-12-22-44-38(41)42)35(53)48-23-13-19-30(48)33(51)43-21-11-6-4-3-5-10-17-27(40)32(50)45-29(25-26-15-8-7-9-16-26)36(54)49-24-14-20-31(49)34(52)47-39/h7-9,15-16,27-31H,3-6,10-14,17-25,40H2,1-2H3,(H,43,51)(H,45,50)(H,46,55)(H,47,52)(H4,41,42,44)/t27-,28-,29-,30-,31-/m0/s1. The number of hydrogen-bond acceptors (Lipinski definition) is 8. The molecule has 3 aliphatic rings. The van der Waals surface area contributed by atoms with Crippen molar-refractivity contribution in [1.29, 1.82) is 0 Å². The molecule has 6 amide bonds. The number of benzene rings is 1. The number of nitrogens with one attached hydrogen (secondary N) is 4. The van der Waals surface area contributed by atoms with Gasteiger partial charge in [0.15, 0.2) is 5.96 Å². The quantitative estimate of drug-likeness (QED) is 0.120. The molecule has 3 fully saturated rings. The van der Waals surface area contributed by atoms with Gasteiger partial charge in [0, 0.05) is 32.6 Å². The van der Waals surface area contributed by atoms with Gasteiger partial charge in [0.05, 0.1) is 6.04 Å². The van der Waals surface area contributed by atoms with Crippen LogP contribution < -0.4 is 38.5 Å². The van der Waals surface area contributed by atoms with Crippen molar-refractivity contribution in [3.63, 3.8) is 0 Å². The largest absolute Gasteiger partial charge is 0.370 e. The van der Waals surface area contributed by atoms with Crippen LogP contribution in [-0.2, 0) is 35.2 Å². The van der Waals surface area contributed by atoms with Gasteiger partial charge in [0.25, 0.3) is 0 Å². The second-order valence-corrected chi connectivity index (χ2v) is 15.5. The lowest BCUT2D eigenvalue weighted by Crippen LogP contribution is -2.62. The zero-order valence-electron chi connectivity index (χ0n) is 32.5. The molecule has 3 aliphatic heterocycles. The van der Waals surface area contributed by atoms with Crippen molar-refractivity contribution in [2.75, 3.05) is 26.2 Å². The van der Waals surface area contributed by atoms with Crippen molar-refractivity contribution in [2.45, 2.75) is 139 Å². The lowest BCUT2D eigenvalue weighted by molar-refractivity contribution is -0.144. The van der Waals surface area contributed by atoms with E-state index in [1.807, 2.05) is 30.3 Å². The van der Waals surface area contributed by atoms with Gasteiger partial charge in [-0.25, -0.2) is 0 Å². The predicted molar refractivity (Wildman–Crippen MR) is 209 cm³/mol. The molecule has 0 aliphatic carbocycles. The number of carbonyl (C=O) groups is 6. The first-order chi connectivity index (χ1) is 26.3. The fourth-order valence-electron chi connectivity index (χ4n) is 7.54. The highest BCUT2D eigenvalue weighted by atomic mass is 16.2. The zero-order chi connectivity index (χ0) is 40.0. The molecule has 55 heavy (non-hydrogen) atoms. The molecule has 10 N–H and O–H groups in total. The molecule has 3 saturated heterocycles. The predicted octanol–water partition coefficient (Wildman–Crippen LogP) is 0.317. The van der Waals surface area contributed by atoms with E-state index in [-0.39, 0.29) is 31.3 Å². The minimum Gasteiger partial charge on any atom is -0.370 e. The van der Waals surface area contributed by atoms with Crippen LogP contribution in [0.25, 0.3) is 0 Å². The van der Waals surface area contributed by atoms with Gasteiger partial charge >= 0.3 is 0 Å². The Bertz CT molecular complexity index is 1520.